The third-order valence-corrected chi connectivity index (χ3v) is 3.72. The van der Waals surface area contributed by atoms with Crippen LogP contribution in [0.3, 0.4) is 0 Å². The first-order valence-corrected chi connectivity index (χ1v) is 6.97. The van der Waals surface area contributed by atoms with Crippen LogP contribution in [0, 0.1) is 5.82 Å². The summed E-state index contributed by atoms with van der Waals surface area (Å²) in [6.07, 6.45) is 3.36. The van der Waals surface area contributed by atoms with Gasteiger partial charge in [-0.3, -0.25) is 0 Å². The van der Waals surface area contributed by atoms with Crippen molar-refractivity contribution in [1.82, 2.24) is 5.32 Å². The molecule has 0 saturated carbocycles. The first-order chi connectivity index (χ1) is 8.72. The molecular weight excluding hydrogens is 227 g/mol. The van der Waals surface area contributed by atoms with Gasteiger partial charge in [0.1, 0.15) is 5.82 Å². The van der Waals surface area contributed by atoms with Gasteiger partial charge < -0.3 is 10.2 Å². The summed E-state index contributed by atoms with van der Waals surface area (Å²) in [5, 5.41) is 3.57. The van der Waals surface area contributed by atoms with Gasteiger partial charge in [0.2, 0.25) is 0 Å². The summed E-state index contributed by atoms with van der Waals surface area (Å²) in [6.45, 7) is 6.39. The van der Waals surface area contributed by atoms with Crippen molar-refractivity contribution in [3.63, 3.8) is 0 Å². The van der Waals surface area contributed by atoms with Crippen LogP contribution in [0.4, 0.5) is 10.1 Å². The molecular formula is C15H23FN2. The molecule has 0 aliphatic carbocycles. The summed E-state index contributed by atoms with van der Waals surface area (Å²) in [4.78, 5) is 2.19. The molecule has 18 heavy (non-hydrogen) atoms. The molecule has 2 atom stereocenters. The van der Waals surface area contributed by atoms with E-state index in [9.17, 15) is 4.39 Å². The number of halogens is 1. The smallest absolute Gasteiger partial charge is 0.146 e. The minimum Gasteiger partial charge on any atom is -0.366 e. The lowest BCUT2D eigenvalue weighted by atomic mass is 9.97. The van der Waals surface area contributed by atoms with E-state index < -0.39 is 0 Å². The van der Waals surface area contributed by atoms with E-state index in [-0.39, 0.29) is 5.82 Å². The van der Waals surface area contributed by atoms with E-state index in [1.165, 1.54) is 6.42 Å². The predicted molar refractivity (Wildman–Crippen MR) is 74.5 cm³/mol. The van der Waals surface area contributed by atoms with Crippen molar-refractivity contribution in [3.8, 4) is 0 Å². The summed E-state index contributed by atoms with van der Waals surface area (Å²) in [7, 11) is 0. The average molecular weight is 250 g/mol. The van der Waals surface area contributed by atoms with Crippen LogP contribution >= 0.6 is 0 Å². The van der Waals surface area contributed by atoms with Crippen LogP contribution in [0.1, 0.15) is 33.1 Å². The molecule has 1 aliphatic heterocycles. The molecule has 2 nitrogen and oxygen atoms in total. The second-order valence-electron chi connectivity index (χ2n) is 5.17. The molecule has 1 N–H and O–H groups in total. The van der Waals surface area contributed by atoms with Gasteiger partial charge in [0.25, 0.3) is 0 Å². The van der Waals surface area contributed by atoms with Gasteiger partial charge >= 0.3 is 0 Å². The van der Waals surface area contributed by atoms with Gasteiger partial charge in [0, 0.05) is 18.6 Å². The summed E-state index contributed by atoms with van der Waals surface area (Å²) in [6, 6.07) is 8.06. The molecule has 0 amide bonds. The molecule has 1 saturated heterocycles. The SMILES string of the molecule is CCCNC1CCN(c2ccccc2F)C(C)C1. The quantitative estimate of drug-likeness (QED) is 0.883. The van der Waals surface area contributed by atoms with Gasteiger partial charge in [0.15, 0.2) is 0 Å². The normalized spacial score (nSPS) is 24.3. The molecule has 0 radical (unpaired) electrons. The van der Waals surface area contributed by atoms with Crippen LogP contribution in [-0.4, -0.2) is 25.2 Å². The molecule has 3 heteroatoms. The Morgan fingerprint density at radius 1 is 1.39 bits per heavy atom. The number of nitrogens with one attached hydrogen (secondary N) is 1. The number of anilines is 1. The van der Waals surface area contributed by atoms with Crippen LogP contribution in [-0.2, 0) is 0 Å². The average Bonchev–Trinajstić information content (AvgIpc) is 2.38. The highest BCUT2D eigenvalue weighted by Gasteiger charge is 2.26. The molecule has 2 rings (SSSR count). The first-order valence-electron chi connectivity index (χ1n) is 6.97. The zero-order valence-electron chi connectivity index (χ0n) is 11.3. The van der Waals surface area contributed by atoms with Crippen molar-refractivity contribution in [1.29, 1.82) is 0 Å². The Bertz CT molecular complexity index is 381. The summed E-state index contributed by atoms with van der Waals surface area (Å²) < 4.78 is 13.8. The van der Waals surface area contributed by atoms with E-state index in [0.717, 1.165) is 31.6 Å². The van der Waals surface area contributed by atoms with Crippen molar-refractivity contribution in [2.75, 3.05) is 18.0 Å². The summed E-state index contributed by atoms with van der Waals surface area (Å²) >= 11 is 0. The van der Waals surface area contributed by atoms with E-state index in [4.69, 9.17) is 0 Å². The fourth-order valence-corrected chi connectivity index (χ4v) is 2.75. The maximum Gasteiger partial charge on any atom is 0.146 e. The summed E-state index contributed by atoms with van der Waals surface area (Å²) in [5.41, 5.74) is 0.749. The number of hydrogen-bond acceptors (Lipinski definition) is 2. The van der Waals surface area contributed by atoms with E-state index in [0.29, 0.717) is 12.1 Å². The Kier molecular flexibility index (Phi) is 4.59. The van der Waals surface area contributed by atoms with Crippen LogP contribution < -0.4 is 10.2 Å². The second-order valence-corrected chi connectivity index (χ2v) is 5.17. The highest BCUT2D eigenvalue weighted by Crippen LogP contribution is 2.26. The second kappa shape index (κ2) is 6.19. The Hall–Kier alpha value is -1.09. The van der Waals surface area contributed by atoms with Crippen LogP contribution in [0.5, 0.6) is 0 Å². The molecule has 1 fully saturated rings. The van der Waals surface area contributed by atoms with Crippen molar-refractivity contribution >= 4 is 5.69 Å². The van der Waals surface area contributed by atoms with Crippen molar-refractivity contribution in [2.45, 2.75) is 45.2 Å². The molecule has 1 aromatic carbocycles. The van der Waals surface area contributed by atoms with Crippen LogP contribution in [0.25, 0.3) is 0 Å². The monoisotopic (exact) mass is 250 g/mol. The minimum atomic E-state index is -0.107. The van der Waals surface area contributed by atoms with Gasteiger partial charge in [-0.1, -0.05) is 19.1 Å². The third-order valence-electron chi connectivity index (χ3n) is 3.72. The number of piperidine rings is 1. The lowest BCUT2D eigenvalue weighted by Gasteiger charge is -2.39. The van der Waals surface area contributed by atoms with Crippen LogP contribution in [0.15, 0.2) is 24.3 Å². The Balaban J connectivity index is 1.99. The van der Waals surface area contributed by atoms with E-state index in [1.54, 1.807) is 12.1 Å². The molecule has 0 spiro atoms. The van der Waals surface area contributed by atoms with Crippen molar-refractivity contribution in [2.24, 2.45) is 0 Å². The molecule has 100 valence electrons. The fraction of sp³-hybridized carbons (Fsp3) is 0.600. The van der Waals surface area contributed by atoms with Crippen molar-refractivity contribution < 1.29 is 4.39 Å². The Morgan fingerprint density at radius 3 is 2.83 bits per heavy atom. The molecule has 0 aromatic heterocycles. The zero-order chi connectivity index (χ0) is 13.0. The van der Waals surface area contributed by atoms with Gasteiger partial charge in [0.05, 0.1) is 5.69 Å². The molecule has 1 aromatic rings. The number of hydrogen-bond donors (Lipinski definition) is 1. The maximum absolute atomic E-state index is 13.8. The number of benzene rings is 1. The van der Waals surface area contributed by atoms with Gasteiger partial charge in [-0.2, -0.15) is 0 Å². The lowest BCUT2D eigenvalue weighted by Crippen LogP contribution is -2.48. The highest BCUT2D eigenvalue weighted by atomic mass is 19.1. The van der Waals surface area contributed by atoms with E-state index >= 15 is 0 Å². The van der Waals surface area contributed by atoms with Gasteiger partial charge in [-0.25, -0.2) is 4.39 Å². The van der Waals surface area contributed by atoms with Gasteiger partial charge in [-0.15, -0.1) is 0 Å². The topological polar surface area (TPSA) is 15.3 Å². The number of nitrogens with zero attached hydrogens (tertiary/aromatic N) is 1. The fourth-order valence-electron chi connectivity index (χ4n) is 2.75. The van der Waals surface area contributed by atoms with E-state index in [2.05, 4.69) is 24.1 Å². The Labute approximate surface area is 109 Å². The third kappa shape index (κ3) is 3.02. The standard InChI is InChI=1S/C15H23FN2/c1-3-9-17-13-8-10-18(12(2)11-13)15-7-5-4-6-14(15)16/h4-7,12-13,17H,3,8-11H2,1-2H3. The minimum absolute atomic E-state index is 0.107. The predicted octanol–water partition coefficient (Wildman–Crippen LogP) is 3.18. The first kappa shape index (κ1) is 13.3. The van der Waals surface area contributed by atoms with E-state index in [1.807, 2.05) is 12.1 Å². The largest absolute Gasteiger partial charge is 0.366 e. The van der Waals surface area contributed by atoms with Crippen LogP contribution in [0.2, 0.25) is 0 Å². The van der Waals surface area contributed by atoms with Crippen molar-refractivity contribution in [3.05, 3.63) is 30.1 Å². The maximum atomic E-state index is 13.8. The highest BCUT2D eigenvalue weighted by molar-refractivity contribution is 5.49. The number of para-hydroxylation sites is 1. The summed E-state index contributed by atoms with van der Waals surface area (Å²) in [5.74, 6) is -0.107. The van der Waals surface area contributed by atoms with Gasteiger partial charge in [-0.05, 0) is 44.9 Å². The Morgan fingerprint density at radius 2 is 2.17 bits per heavy atom. The molecule has 1 heterocycles. The molecule has 1 aliphatic rings. The zero-order valence-corrected chi connectivity index (χ0v) is 11.3. The molecule has 0 bridgehead atoms. The number of rotatable bonds is 4. The molecule has 2 unspecified atom stereocenters. The lowest BCUT2D eigenvalue weighted by molar-refractivity contribution is 0.366.